The number of amides is 1. The highest BCUT2D eigenvalue weighted by molar-refractivity contribution is 7.99. The predicted octanol–water partition coefficient (Wildman–Crippen LogP) is 3.72. The number of nitrogens with one attached hydrogen (secondary N) is 1. The minimum absolute atomic E-state index is 0.303. The number of carbonyl (C=O) groups excluding carboxylic acids is 1. The molecule has 1 N–H and O–H groups in total. The van der Waals surface area contributed by atoms with E-state index >= 15 is 0 Å². The molecular formula is C20H25ClN2O4S2. The normalized spacial score (nSPS) is 11.2. The molecule has 0 bridgehead atoms. The van der Waals surface area contributed by atoms with Gasteiger partial charge in [0.1, 0.15) is 12.3 Å². The molecule has 0 saturated carbocycles. The molecule has 0 atom stereocenters. The van der Waals surface area contributed by atoms with E-state index in [1.807, 2.05) is 37.3 Å². The number of rotatable bonds is 10. The van der Waals surface area contributed by atoms with Crippen molar-refractivity contribution in [2.45, 2.75) is 18.2 Å². The van der Waals surface area contributed by atoms with Crippen molar-refractivity contribution in [3.8, 4) is 5.75 Å². The minimum atomic E-state index is -3.66. The van der Waals surface area contributed by atoms with Gasteiger partial charge in [-0.25, -0.2) is 8.42 Å². The van der Waals surface area contributed by atoms with Crippen molar-refractivity contribution in [1.29, 1.82) is 0 Å². The Balaban J connectivity index is 1.90. The van der Waals surface area contributed by atoms with Crippen LogP contribution >= 0.6 is 23.4 Å². The molecule has 0 spiro atoms. The molecule has 6 nitrogen and oxygen atoms in total. The molecule has 1 amide bonds. The number of ether oxygens (including phenoxy) is 1. The SMILES string of the molecule is COc1ccc(C)cc1N(CC(=O)NCCCSc1ccc(Cl)cc1)S(C)(=O)=O. The summed E-state index contributed by atoms with van der Waals surface area (Å²) in [7, 11) is -2.19. The van der Waals surface area contributed by atoms with Crippen molar-refractivity contribution in [3.05, 3.63) is 53.1 Å². The molecule has 0 aliphatic carbocycles. The maximum atomic E-state index is 12.3. The van der Waals surface area contributed by atoms with E-state index in [1.54, 1.807) is 23.9 Å². The third kappa shape index (κ3) is 7.45. The molecule has 0 radical (unpaired) electrons. The summed E-state index contributed by atoms with van der Waals surface area (Å²) in [6, 6.07) is 12.8. The molecule has 0 aliphatic heterocycles. The van der Waals surface area contributed by atoms with Gasteiger partial charge < -0.3 is 10.1 Å². The van der Waals surface area contributed by atoms with Crippen molar-refractivity contribution in [1.82, 2.24) is 5.32 Å². The van der Waals surface area contributed by atoms with Crippen molar-refractivity contribution >= 4 is 45.0 Å². The van der Waals surface area contributed by atoms with Gasteiger partial charge in [0, 0.05) is 16.5 Å². The number of thioether (sulfide) groups is 1. The number of benzene rings is 2. The zero-order valence-corrected chi connectivity index (χ0v) is 19.0. The van der Waals surface area contributed by atoms with Gasteiger partial charge in [0.2, 0.25) is 15.9 Å². The van der Waals surface area contributed by atoms with Crippen molar-refractivity contribution in [3.63, 3.8) is 0 Å². The van der Waals surface area contributed by atoms with E-state index in [-0.39, 0.29) is 12.5 Å². The van der Waals surface area contributed by atoms with E-state index in [2.05, 4.69) is 5.32 Å². The first-order chi connectivity index (χ1) is 13.7. The first-order valence-corrected chi connectivity index (χ1v) is 12.2. The Kier molecular flexibility index (Phi) is 8.67. The van der Waals surface area contributed by atoms with Gasteiger partial charge in [-0.15, -0.1) is 11.8 Å². The third-order valence-electron chi connectivity index (χ3n) is 4.02. The summed E-state index contributed by atoms with van der Waals surface area (Å²) in [5.41, 5.74) is 1.22. The van der Waals surface area contributed by atoms with Crippen LogP contribution in [0, 0.1) is 6.92 Å². The lowest BCUT2D eigenvalue weighted by Gasteiger charge is -2.24. The van der Waals surface area contributed by atoms with E-state index in [9.17, 15) is 13.2 Å². The number of nitrogens with zero attached hydrogens (tertiary/aromatic N) is 1. The molecular weight excluding hydrogens is 432 g/mol. The zero-order chi connectivity index (χ0) is 21.4. The molecule has 2 aromatic carbocycles. The lowest BCUT2D eigenvalue weighted by molar-refractivity contribution is -0.119. The van der Waals surface area contributed by atoms with Gasteiger partial charge >= 0.3 is 0 Å². The standard InChI is InChI=1S/C20H25ClN2O4S2/c1-15-5-10-19(27-2)18(13-15)23(29(3,25)26)14-20(24)22-11-4-12-28-17-8-6-16(21)7-9-17/h5-10,13H,4,11-12,14H2,1-3H3,(H,22,24). The second kappa shape index (κ2) is 10.8. The molecule has 0 saturated heterocycles. The number of carbonyl (C=O) groups is 1. The lowest BCUT2D eigenvalue weighted by Crippen LogP contribution is -2.40. The minimum Gasteiger partial charge on any atom is -0.495 e. The number of halogens is 1. The van der Waals surface area contributed by atoms with Crippen LogP contribution in [0.1, 0.15) is 12.0 Å². The Morgan fingerprint density at radius 3 is 2.52 bits per heavy atom. The van der Waals surface area contributed by atoms with Crippen LogP contribution in [0.4, 0.5) is 5.69 Å². The largest absolute Gasteiger partial charge is 0.495 e. The van der Waals surface area contributed by atoms with E-state index in [0.717, 1.165) is 33.2 Å². The quantitative estimate of drug-likeness (QED) is 0.435. The third-order valence-corrected chi connectivity index (χ3v) is 6.49. The molecule has 0 aliphatic rings. The number of hydrogen-bond donors (Lipinski definition) is 1. The van der Waals surface area contributed by atoms with Gasteiger partial charge in [-0.1, -0.05) is 17.7 Å². The van der Waals surface area contributed by atoms with Gasteiger partial charge in [0.25, 0.3) is 0 Å². The van der Waals surface area contributed by atoms with Crippen LogP contribution < -0.4 is 14.4 Å². The van der Waals surface area contributed by atoms with Crippen LogP contribution in [-0.4, -0.2) is 46.5 Å². The van der Waals surface area contributed by atoms with Gasteiger partial charge in [-0.3, -0.25) is 9.10 Å². The number of hydrogen-bond acceptors (Lipinski definition) is 5. The van der Waals surface area contributed by atoms with Crippen LogP contribution in [0.2, 0.25) is 5.02 Å². The van der Waals surface area contributed by atoms with Gasteiger partial charge in [0.05, 0.1) is 19.1 Å². The lowest BCUT2D eigenvalue weighted by atomic mass is 10.2. The van der Waals surface area contributed by atoms with Crippen LogP contribution in [-0.2, 0) is 14.8 Å². The Morgan fingerprint density at radius 2 is 1.90 bits per heavy atom. The first-order valence-electron chi connectivity index (χ1n) is 8.98. The number of methoxy groups -OCH3 is 1. The van der Waals surface area contributed by atoms with E-state index < -0.39 is 10.0 Å². The molecule has 0 fully saturated rings. The van der Waals surface area contributed by atoms with Crippen molar-refractivity contribution in [2.24, 2.45) is 0 Å². The highest BCUT2D eigenvalue weighted by Crippen LogP contribution is 2.30. The van der Waals surface area contributed by atoms with Gasteiger partial charge in [-0.05, 0) is 61.1 Å². The van der Waals surface area contributed by atoms with Crippen molar-refractivity contribution < 1.29 is 17.9 Å². The molecule has 2 aromatic rings. The van der Waals surface area contributed by atoms with E-state index in [1.165, 1.54) is 7.11 Å². The monoisotopic (exact) mass is 456 g/mol. The van der Waals surface area contributed by atoms with E-state index in [0.29, 0.717) is 23.0 Å². The maximum Gasteiger partial charge on any atom is 0.240 e. The Hall–Kier alpha value is -1.90. The highest BCUT2D eigenvalue weighted by Gasteiger charge is 2.24. The molecule has 0 aromatic heterocycles. The molecule has 9 heteroatoms. The molecule has 2 rings (SSSR count). The summed E-state index contributed by atoms with van der Waals surface area (Å²) in [4.78, 5) is 13.5. The first kappa shape index (κ1) is 23.4. The Morgan fingerprint density at radius 1 is 1.21 bits per heavy atom. The number of sulfonamides is 1. The fraction of sp³-hybridized carbons (Fsp3) is 0.350. The molecule has 29 heavy (non-hydrogen) atoms. The average molecular weight is 457 g/mol. The fourth-order valence-electron chi connectivity index (χ4n) is 2.58. The average Bonchev–Trinajstić information content (AvgIpc) is 2.66. The Bertz CT molecular complexity index is 934. The van der Waals surface area contributed by atoms with Crippen LogP contribution in [0.25, 0.3) is 0 Å². The van der Waals surface area contributed by atoms with Crippen LogP contribution in [0.15, 0.2) is 47.4 Å². The highest BCUT2D eigenvalue weighted by atomic mass is 35.5. The van der Waals surface area contributed by atoms with Crippen LogP contribution in [0.5, 0.6) is 5.75 Å². The smallest absolute Gasteiger partial charge is 0.240 e. The summed E-state index contributed by atoms with van der Waals surface area (Å²) in [6.07, 6.45) is 1.83. The maximum absolute atomic E-state index is 12.3. The van der Waals surface area contributed by atoms with Gasteiger partial charge in [-0.2, -0.15) is 0 Å². The summed E-state index contributed by atoms with van der Waals surface area (Å²) in [5.74, 6) is 0.854. The summed E-state index contributed by atoms with van der Waals surface area (Å²) < 4.78 is 30.9. The summed E-state index contributed by atoms with van der Waals surface area (Å²) in [6.45, 7) is 2.01. The van der Waals surface area contributed by atoms with Crippen LogP contribution in [0.3, 0.4) is 0 Å². The number of anilines is 1. The fourth-order valence-corrected chi connectivity index (χ4v) is 4.41. The molecule has 0 unspecified atom stereocenters. The zero-order valence-electron chi connectivity index (χ0n) is 16.6. The predicted molar refractivity (Wildman–Crippen MR) is 120 cm³/mol. The molecule has 158 valence electrons. The summed E-state index contributed by atoms with van der Waals surface area (Å²) in [5, 5.41) is 3.48. The Labute approximate surface area is 181 Å². The number of aryl methyl sites for hydroxylation is 1. The van der Waals surface area contributed by atoms with Gasteiger partial charge in [0.15, 0.2) is 0 Å². The van der Waals surface area contributed by atoms with E-state index in [4.69, 9.17) is 16.3 Å². The topological polar surface area (TPSA) is 75.7 Å². The summed E-state index contributed by atoms with van der Waals surface area (Å²) >= 11 is 7.53. The van der Waals surface area contributed by atoms with Crippen molar-refractivity contribution in [2.75, 3.05) is 36.5 Å². The second-order valence-corrected chi connectivity index (χ2v) is 9.96. The second-order valence-electron chi connectivity index (χ2n) is 6.45. The molecule has 0 heterocycles.